The van der Waals surface area contributed by atoms with Gasteiger partial charge < -0.3 is 20.4 Å². The Morgan fingerprint density at radius 2 is 1.89 bits per heavy atom. The van der Waals surface area contributed by atoms with Crippen LogP contribution in [0.1, 0.15) is 22.5 Å². The smallest absolute Gasteiger partial charge is 0.266 e. The maximum absolute atomic E-state index is 13.7. The number of likely N-dealkylation sites (tertiary alicyclic amines) is 1. The van der Waals surface area contributed by atoms with Gasteiger partial charge in [-0.05, 0) is 42.5 Å². The maximum Gasteiger partial charge on any atom is 0.266 e. The molecule has 2 amide bonds. The highest BCUT2D eigenvalue weighted by Gasteiger charge is 2.40. The molecular formula is C25H27BrN4O5S. The van der Waals surface area contributed by atoms with Crippen molar-refractivity contribution in [2.75, 3.05) is 32.8 Å². The number of hydrogen-bond acceptors (Lipinski definition) is 5. The lowest BCUT2D eigenvalue weighted by Gasteiger charge is -2.33. The number of nitrogens with one attached hydrogen (secondary N) is 1. The van der Waals surface area contributed by atoms with Crippen molar-refractivity contribution in [1.82, 2.24) is 14.2 Å². The Morgan fingerprint density at radius 3 is 2.64 bits per heavy atom. The van der Waals surface area contributed by atoms with E-state index in [4.69, 9.17) is 10.5 Å². The second kappa shape index (κ2) is 9.97. The number of carbonyl (C=O) groups excluding carboxylic acids is 2. The first-order valence-corrected chi connectivity index (χ1v) is 14.0. The lowest BCUT2D eigenvalue weighted by atomic mass is 9.99. The molecule has 0 saturated carbocycles. The van der Waals surface area contributed by atoms with Gasteiger partial charge in [-0.15, -0.1) is 0 Å². The molecule has 0 aliphatic carbocycles. The minimum Gasteiger partial charge on any atom is -0.366 e. The van der Waals surface area contributed by atoms with Crippen LogP contribution in [0.15, 0.2) is 57.9 Å². The fourth-order valence-corrected chi connectivity index (χ4v) is 7.18. The van der Waals surface area contributed by atoms with E-state index in [0.717, 1.165) is 12.8 Å². The zero-order chi connectivity index (χ0) is 25.4. The molecule has 3 N–H and O–H groups in total. The SMILES string of the molecule is NC(=O)c1[nH]c2ccc(Br)cc2c1S(=O)(=O)N1CCOC(C(=O)N2CC[C@H](Cc3ccccc3)C2)C1. The van der Waals surface area contributed by atoms with Gasteiger partial charge >= 0.3 is 0 Å². The van der Waals surface area contributed by atoms with Crippen LogP contribution in [0, 0.1) is 5.92 Å². The van der Waals surface area contributed by atoms with Crippen LogP contribution in [-0.4, -0.2) is 73.3 Å². The predicted octanol–water partition coefficient (Wildman–Crippen LogP) is 2.51. The number of ether oxygens (including phenoxy) is 1. The van der Waals surface area contributed by atoms with Crippen molar-refractivity contribution < 1.29 is 22.7 Å². The number of sulfonamides is 1. The van der Waals surface area contributed by atoms with Gasteiger partial charge in [0.1, 0.15) is 16.7 Å². The number of fused-ring (bicyclic) bond motifs is 1. The van der Waals surface area contributed by atoms with E-state index in [2.05, 4.69) is 33.0 Å². The number of amides is 2. The van der Waals surface area contributed by atoms with Crippen molar-refractivity contribution in [3.05, 3.63) is 64.3 Å². The zero-order valence-electron chi connectivity index (χ0n) is 19.5. The number of rotatable bonds is 6. The van der Waals surface area contributed by atoms with E-state index >= 15 is 0 Å². The molecule has 2 aliphatic heterocycles. The summed E-state index contributed by atoms with van der Waals surface area (Å²) < 4.78 is 35.1. The van der Waals surface area contributed by atoms with Crippen molar-refractivity contribution in [2.24, 2.45) is 11.7 Å². The third-order valence-corrected chi connectivity index (χ3v) is 9.27. The summed E-state index contributed by atoms with van der Waals surface area (Å²) in [6.45, 7) is 1.25. The van der Waals surface area contributed by atoms with Crippen LogP contribution in [0.2, 0.25) is 0 Å². The van der Waals surface area contributed by atoms with Gasteiger partial charge in [0.05, 0.1) is 6.61 Å². The highest BCUT2D eigenvalue weighted by atomic mass is 79.9. The van der Waals surface area contributed by atoms with Crippen molar-refractivity contribution in [3.8, 4) is 0 Å². The van der Waals surface area contributed by atoms with E-state index in [1.807, 2.05) is 18.2 Å². The molecule has 1 unspecified atom stereocenters. The quantitative estimate of drug-likeness (QED) is 0.468. The molecule has 0 spiro atoms. The Kier molecular flexibility index (Phi) is 6.90. The molecule has 0 radical (unpaired) electrons. The molecule has 0 bridgehead atoms. The van der Waals surface area contributed by atoms with Gasteiger partial charge in [0.15, 0.2) is 0 Å². The van der Waals surface area contributed by atoms with Gasteiger partial charge in [-0.2, -0.15) is 4.31 Å². The third kappa shape index (κ3) is 4.80. The van der Waals surface area contributed by atoms with Crippen LogP contribution < -0.4 is 5.73 Å². The minimum atomic E-state index is -4.15. The molecule has 3 heterocycles. The van der Waals surface area contributed by atoms with Crippen LogP contribution in [-0.2, 0) is 26.0 Å². The molecule has 2 atom stereocenters. The number of aromatic amines is 1. The fraction of sp³-hybridized carbons (Fsp3) is 0.360. The van der Waals surface area contributed by atoms with Crippen LogP contribution >= 0.6 is 15.9 Å². The number of morpholine rings is 1. The van der Waals surface area contributed by atoms with E-state index < -0.39 is 22.0 Å². The number of benzene rings is 2. The van der Waals surface area contributed by atoms with Crippen molar-refractivity contribution in [3.63, 3.8) is 0 Å². The number of aromatic nitrogens is 1. The Balaban J connectivity index is 1.34. The summed E-state index contributed by atoms with van der Waals surface area (Å²) in [6.07, 6.45) is 0.877. The number of H-pyrrole nitrogens is 1. The first kappa shape index (κ1) is 24.9. The van der Waals surface area contributed by atoms with Gasteiger partial charge in [-0.1, -0.05) is 46.3 Å². The van der Waals surface area contributed by atoms with Crippen molar-refractivity contribution in [2.45, 2.75) is 23.8 Å². The number of carbonyl (C=O) groups is 2. The highest BCUT2D eigenvalue weighted by molar-refractivity contribution is 9.10. The Labute approximate surface area is 217 Å². The van der Waals surface area contributed by atoms with Gasteiger partial charge in [0.2, 0.25) is 10.0 Å². The standard InChI is InChI=1S/C25H27BrN4O5S/c26-18-6-7-20-19(13-18)23(22(28-20)24(27)31)36(33,34)30-10-11-35-21(15-30)25(32)29-9-8-17(14-29)12-16-4-2-1-3-5-16/h1-7,13,17,21,28H,8-12,14-15H2,(H2,27,31)/t17-,21?/m1/s1. The fourth-order valence-electron chi connectivity index (χ4n) is 5.05. The van der Waals surface area contributed by atoms with Gasteiger partial charge in [0, 0.05) is 41.6 Å². The second-order valence-corrected chi connectivity index (χ2v) is 12.0. The molecule has 3 aromatic rings. The number of hydrogen-bond donors (Lipinski definition) is 2. The number of primary amides is 1. The Hall–Kier alpha value is -2.73. The van der Waals surface area contributed by atoms with Crippen LogP contribution in [0.5, 0.6) is 0 Å². The molecule has 9 nitrogen and oxygen atoms in total. The van der Waals surface area contributed by atoms with Gasteiger partial charge in [0.25, 0.3) is 11.8 Å². The molecular weight excluding hydrogens is 548 g/mol. The number of halogens is 1. The molecule has 2 aliphatic rings. The summed E-state index contributed by atoms with van der Waals surface area (Å²) >= 11 is 3.36. The second-order valence-electron chi connectivity index (χ2n) is 9.23. The molecule has 2 fully saturated rings. The average molecular weight is 575 g/mol. The Bertz CT molecular complexity index is 1410. The predicted molar refractivity (Wildman–Crippen MR) is 138 cm³/mol. The third-order valence-electron chi connectivity index (χ3n) is 6.83. The van der Waals surface area contributed by atoms with E-state index in [-0.39, 0.29) is 36.2 Å². The summed E-state index contributed by atoms with van der Waals surface area (Å²) in [5, 5.41) is 0.357. The molecule has 36 heavy (non-hydrogen) atoms. The minimum absolute atomic E-state index is 0.0711. The molecule has 11 heteroatoms. The topological polar surface area (TPSA) is 126 Å². The molecule has 1 aromatic heterocycles. The van der Waals surface area contributed by atoms with Crippen molar-refractivity contribution in [1.29, 1.82) is 0 Å². The summed E-state index contributed by atoms with van der Waals surface area (Å²) in [4.78, 5) is 29.8. The number of nitrogens with two attached hydrogens (primary N) is 1. The first-order valence-electron chi connectivity index (χ1n) is 11.8. The van der Waals surface area contributed by atoms with Gasteiger partial charge in [-0.25, -0.2) is 8.42 Å². The van der Waals surface area contributed by atoms with E-state index in [1.165, 1.54) is 9.87 Å². The average Bonchev–Trinajstić information content (AvgIpc) is 3.49. The summed E-state index contributed by atoms with van der Waals surface area (Å²) in [6, 6.07) is 15.2. The molecule has 2 aromatic carbocycles. The number of nitrogens with zero attached hydrogens (tertiary/aromatic N) is 2. The van der Waals surface area contributed by atoms with Crippen LogP contribution in [0.4, 0.5) is 0 Å². The van der Waals surface area contributed by atoms with Gasteiger partial charge in [-0.3, -0.25) is 9.59 Å². The molecule has 190 valence electrons. The largest absolute Gasteiger partial charge is 0.366 e. The van der Waals surface area contributed by atoms with E-state index in [1.54, 1.807) is 23.1 Å². The van der Waals surface area contributed by atoms with E-state index in [0.29, 0.717) is 34.4 Å². The summed E-state index contributed by atoms with van der Waals surface area (Å²) in [7, 11) is -4.15. The van der Waals surface area contributed by atoms with Crippen molar-refractivity contribution >= 4 is 48.7 Å². The lowest BCUT2D eigenvalue weighted by molar-refractivity contribution is -0.146. The van der Waals surface area contributed by atoms with E-state index in [9.17, 15) is 18.0 Å². The van der Waals surface area contributed by atoms with Crippen LogP contribution in [0.3, 0.4) is 0 Å². The lowest BCUT2D eigenvalue weighted by Crippen LogP contribution is -2.52. The summed E-state index contributed by atoms with van der Waals surface area (Å²) in [5.74, 6) is -0.729. The molecule has 5 rings (SSSR count). The molecule has 2 saturated heterocycles. The monoisotopic (exact) mass is 574 g/mol. The summed E-state index contributed by atoms with van der Waals surface area (Å²) in [5.41, 5.74) is 7.05. The Morgan fingerprint density at radius 1 is 1.11 bits per heavy atom. The normalized spacial score (nSPS) is 21.2. The zero-order valence-corrected chi connectivity index (χ0v) is 21.9. The first-order chi connectivity index (χ1) is 17.2. The highest BCUT2D eigenvalue weighted by Crippen LogP contribution is 2.32. The van der Waals surface area contributed by atoms with Crippen LogP contribution in [0.25, 0.3) is 10.9 Å². The maximum atomic E-state index is 13.7.